The summed E-state index contributed by atoms with van der Waals surface area (Å²) in [5.74, 6) is -0.130. The van der Waals surface area contributed by atoms with E-state index in [1.54, 1.807) is 6.07 Å². The zero-order chi connectivity index (χ0) is 13.5. The zero-order valence-corrected chi connectivity index (χ0v) is 11.3. The van der Waals surface area contributed by atoms with E-state index in [2.05, 4.69) is 22.1 Å². The van der Waals surface area contributed by atoms with Crippen LogP contribution in [0, 0.1) is 5.82 Å². The van der Waals surface area contributed by atoms with Crippen LogP contribution < -0.4 is 15.5 Å². The van der Waals surface area contributed by atoms with Crippen molar-refractivity contribution in [3.05, 3.63) is 42.2 Å². The first-order valence-corrected chi connectivity index (χ1v) is 6.87. The molecule has 2 rings (SSSR count). The highest BCUT2D eigenvalue weighted by atomic mass is 19.1. The average molecular weight is 263 g/mol. The normalized spacial score (nSPS) is 16.2. The maximum Gasteiger partial charge on any atom is 0.146 e. The van der Waals surface area contributed by atoms with E-state index >= 15 is 0 Å². The fourth-order valence-corrected chi connectivity index (χ4v) is 2.32. The molecule has 104 valence electrons. The number of halogens is 1. The van der Waals surface area contributed by atoms with E-state index in [4.69, 9.17) is 0 Å². The first kappa shape index (κ1) is 14.0. The van der Waals surface area contributed by atoms with E-state index in [0.29, 0.717) is 0 Å². The Bertz CT molecular complexity index is 412. The Morgan fingerprint density at radius 1 is 1.37 bits per heavy atom. The van der Waals surface area contributed by atoms with Gasteiger partial charge >= 0.3 is 0 Å². The Morgan fingerprint density at radius 2 is 2.26 bits per heavy atom. The fraction of sp³-hybridized carbons (Fsp3) is 0.467. The van der Waals surface area contributed by atoms with Gasteiger partial charge in [0.05, 0.1) is 5.69 Å². The number of nitrogens with one attached hydrogen (secondary N) is 2. The smallest absolute Gasteiger partial charge is 0.146 e. The van der Waals surface area contributed by atoms with E-state index in [9.17, 15) is 4.39 Å². The molecule has 1 heterocycles. The Balaban J connectivity index is 2.08. The molecule has 1 fully saturated rings. The highest BCUT2D eigenvalue weighted by Gasteiger charge is 2.13. The Hall–Kier alpha value is -1.39. The van der Waals surface area contributed by atoms with Crippen molar-refractivity contribution in [3.63, 3.8) is 0 Å². The molecule has 19 heavy (non-hydrogen) atoms. The molecule has 0 bridgehead atoms. The highest BCUT2D eigenvalue weighted by Crippen LogP contribution is 2.21. The van der Waals surface area contributed by atoms with Crippen LogP contribution >= 0.6 is 0 Å². The summed E-state index contributed by atoms with van der Waals surface area (Å²) < 4.78 is 14.0. The molecule has 0 unspecified atom stereocenters. The van der Waals surface area contributed by atoms with Crippen molar-refractivity contribution >= 4 is 5.69 Å². The van der Waals surface area contributed by atoms with Gasteiger partial charge in [0.15, 0.2) is 0 Å². The minimum absolute atomic E-state index is 0.130. The average Bonchev–Trinajstić information content (AvgIpc) is 2.70. The van der Waals surface area contributed by atoms with Gasteiger partial charge in [-0.3, -0.25) is 0 Å². The second-order valence-corrected chi connectivity index (χ2v) is 4.80. The Kier molecular flexibility index (Phi) is 5.36. The molecule has 0 spiro atoms. The highest BCUT2D eigenvalue weighted by molar-refractivity contribution is 5.50. The summed E-state index contributed by atoms with van der Waals surface area (Å²) in [6.07, 6.45) is 2.88. The van der Waals surface area contributed by atoms with Crippen LogP contribution in [0.5, 0.6) is 0 Å². The first-order chi connectivity index (χ1) is 9.31. The molecule has 0 amide bonds. The van der Waals surface area contributed by atoms with Crippen LogP contribution in [0.15, 0.2) is 30.9 Å². The molecule has 0 saturated carbocycles. The first-order valence-electron chi connectivity index (χ1n) is 6.87. The van der Waals surface area contributed by atoms with Crippen LogP contribution in [-0.4, -0.2) is 32.7 Å². The fourth-order valence-electron chi connectivity index (χ4n) is 2.32. The van der Waals surface area contributed by atoms with Gasteiger partial charge in [-0.15, -0.1) is 6.58 Å². The molecule has 1 saturated heterocycles. The second-order valence-electron chi connectivity index (χ2n) is 4.80. The maximum atomic E-state index is 14.0. The van der Waals surface area contributed by atoms with Crippen molar-refractivity contribution in [1.82, 2.24) is 10.6 Å². The predicted molar refractivity (Wildman–Crippen MR) is 78.0 cm³/mol. The van der Waals surface area contributed by atoms with Crippen LogP contribution in [0.25, 0.3) is 0 Å². The molecular formula is C15H22FN3. The lowest BCUT2D eigenvalue weighted by Crippen LogP contribution is -2.28. The molecule has 0 aliphatic carbocycles. The van der Waals surface area contributed by atoms with Gasteiger partial charge in [0.1, 0.15) is 5.82 Å². The molecule has 3 nitrogen and oxygen atoms in total. The molecule has 1 aromatic rings. The lowest BCUT2D eigenvalue weighted by molar-refractivity contribution is 0.616. The third-order valence-corrected chi connectivity index (χ3v) is 3.31. The maximum absolute atomic E-state index is 14.0. The summed E-state index contributed by atoms with van der Waals surface area (Å²) in [6, 6.07) is 5.36. The quantitative estimate of drug-likeness (QED) is 0.627. The van der Waals surface area contributed by atoms with E-state index in [0.717, 1.165) is 56.9 Å². The molecule has 0 atom stereocenters. The third kappa shape index (κ3) is 4.04. The number of hydrogen-bond donors (Lipinski definition) is 2. The molecule has 1 aromatic carbocycles. The molecule has 2 N–H and O–H groups in total. The van der Waals surface area contributed by atoms with Crippen molar-refractivity contribution in [2.75, 3.05) is 37.6 Å². The summed E-state index contributed by atoms with van der Waals surface area (Å²) in [4.78, 5) is 2.13. The van der Waals surface area contributed by atoms with Gasteiger partial charge in [-0.05, 0) is 30.7 Å². The van der Waals surface area contributed by atoms with Crippen molar-refractivity contribution in [3.8, 4) is 0 Å². The number of benzene rings is 1. The van der Waals surface area contributed by atoms with Crippen molar-refractivity contribution in [2.24, 2.45) is 0 Å². The lowest BCUT2D eigenvalue weighted by atomic mass is 10.1. The topological polar surface area (TPSA) is 27.3 Å². The molecule has 1 aliphatic rings. The number of rotatable bonds is 5. The standard InChI is InChI=1S/C15H22FN3/c1-2-6-18-12-13-4-5-14(16)15(11-13)19-9-3-7-17-8-10-19/h2,4-5,11,17-18H,1,3,6-10,12H2. The van der Waals surface area contributed by atoms with E-state index in [1.807, 2.05) is 18.2 Å². The van der Waals surface area contributed by atoms with E-state index < -0.39 is 0 Å². The van der Waals surface area contributed by atoms with Gasteiger partial charge in [-0.25, -0.2) is 4.39 Å². The monoisotopic (exact) mass is 263 g/mol. The third-order valence-electron chi connectivity index (χ3n) is 3.31. The number of nitrogens with zero attached hydrogens (tertiary/aromatic N) is 1. The Labute approximate surface area is 114 Å². The van der Waals surface area contributed by atoms with Gasteiger partial charge in [0, 0.05) is 32.7 Å². The zero-order valence-electron chi connectivity index (χ0n) is 11.3. The Morgan fingerprint density at radius 3 is 3.11 bits per heavy atom. The summed E-state index contributed by atoms with van der Waals surface area (Å²) in [7, 11) is 0. The van der Waals surface area contributed by atoms with Crippen LogP contribution in [0.4, 0.5) is 10.1 Å². The molecular weight excluding hydrogens is 241 g/mol. The van der Waals surface area contributed by atoms with Gasteiger partial charge in [-0.2, -0.15) is 0 Å². The largest absolute Gasteiger partial charge is 0.368 e. The van der Waals surface area contributed by atoms with Crippen LogP contribution in [-0.2, 0) is 6.54 Å². The van der Waals surface area contributed by atoms with E-state index in [-0.39, 0.29) is 5.82 Å². The lowest BCUT2D eigenvalue weighted by Gasteiger charge is -2.23. The minimum atomic E-state index is -0.130. The van der Waals surface area contributed by atoms with Gasteiger partial charge in [-0.1, -0.05) is 12.1 Å². The predicted octanol–water partition coefficient (Wildman–Crippen LogP) is 1.90. The van der Waals surface area contributed by atoms with Crippen LogP contribution in [0.2, 0.25) is 0 Å². The second kappa shape index (κ2) is 7.26. The molecule has 4 heteroatoms. The minimum Gasteiger partial charge on any atom is -0.368 e. The summed E-state index contributed by atoms with van der Waals surface area (Å²) in [5.41, 5.74) is 1.83. The van der Waals surface area contributed by atoms with Gasteiger partial charge < -0.3 is 15.5 Å². The van der Waals surface area contributed by atoms with Crippen molar-refractivity contribution in [2.45, 2.75) is 13.0 Å². The summed E-state index contributed by atoms with van der Waals surface area (Å²) in [6.45, 7) is 8.87. The number of hydrogen-bond acceptors (Lipinski definition) is 3. The van der Waals surface area contributed by atoms with Crippen LogP contribution in [0.3, 0.4) is 0 Å². The number of anilines is 1. The summed E-state index contributed by atoms with van der Waals surface area (Å²) >= 11 is 0. The van der Waals surface area contributed by atoms with Gasteiger partial charge in [0.25, 0.3) is 0 Å². The van der Waals surface area contributed by atoms with Crippen molar-refractivity contribution < 1.29 is 4.39 Å². The van der Waals surface area contributed by atoms with Crippen LogP contribution in [0.1, 0.15) is 12.0 Å². The molecule has 0 radical (unpaired) electrons. The SMILES string of the molecule is C=CCNCc1ccc(F)c(N2CCCNCC2)c1. The van der Waals surface area contributed by atoms with Crippen molar-refractivity contribution in [1.29, 1.82) is 0 Å². The molecule has 0 aromatic heterocycles. The molecule has 1 aliphatic heterocycles. The van der Waals surface area contributed by atoms with E-state index in [1.165, 1.54) is 0 Å². The summed E-state index contributed by atoms with van der Waals surface area (Å²) in [5, 5.41) is 6.58. The van der Waals surface area contributed by atoms with Gasteiger partial charge in [0.2, 0.25) is 0 Å².